The van der Waals surface area contributed by atoms with Crippen LogP contribution in [0.2, 0.25) is 5.02 Å². The molecule has 0 radical (unpaired) electrons. The number of rotatable bonds is 7. The number of ether oxygens (including phenoxy) is 1. The summed E-state index contributed by atoms with van der Waals surface area (Å²) in [5.74, 6) is 0. The highest BCUT2D eigenvalue weighted by Gasteiger charge is 2.28. The number of hydrogen-bond acceptors (Lipinski definition) is 4. The second-order valence-corrected chi connectivity index (χ2v) is 6.92. The molecule has 1 rings (SSSR count). The fraction of sp³-hybridized carbons (Fsp3) is 0.500. The first kappa shape index (κ1) is 17.9. The molecule has 116 valence electrons. The first-order valence-electron chi connectivity index (χ1n) is 6.58. The largest absolute Gasteiger partial charge is 0.383 e. The quantitative estimate of drug-likeness (QED) is 0.770. The molecule has 0 aromatic heterocycles. The third-order valence-electron chi connectivity index (χ3n) is 3.27. The van der Waals surface area contributed by atoms with Crippen molar-refractivity contribution in [1.29, 1.82) is 5.26 Å². The summed E-state index contributed by atoms with van der Waals surface area (Å²) >= 11 is 5.93. The number of halogens is 1. The van der Waals surface area contributed by atoms with Crippen molar-refractivity contribution < 1.29 is 13.2 Å². The van der Waals surface area contributed by atoms with Crippen molar-refractivity contribution in [1.82, 2.24) is 4.31 Å². The molecule has 1 aromatic rings. The fourth-order valence-corrected chi connectivity index (χ4v) is 3.85. The topological polar surface area (TPSA) is 70.4 Å². The summed E-state index contributed by atoms with van der Waals surface area (Å²) < 4.78 is 31.8. The van der Waals surface area contributed by atoms with E-state index >= 15 is 0 Å². The minimum atomic E-state index is -3.67. The smallest absolute Gasteiger partial charge is 0.243 e. The Balaban J connectivity index is 3.22. The molecule has 0 amide bonds. The molecule has 0 saturated heterocycles. The van der Waals surface area contributed by atoms with E-state index in [1.54, 1.807) is 0 Å². The molecule has 0 aliphatic carbocycles. The molecule has 0 spiro atoms. The van der Waals surface area contributed by atoms with Gasteiger partial charge >= 0.3 is 0 Å². The highest BCUT2D eigenvalue weighted by molar-refractivity contribution is 7.89. The minimum Gasteiger partial charge on any atom is -0.383 e. The average Bonchev–Trinajstić information content (AvgIpc) is 2.46. The third kappa shape index (κ3) is 4.17. The Bertz CT molecular complexity index is 626. The number of sulfonamides is 1. The molecule has 0 aliphatic rings. The van der Waals surface area contributed by atoms with Gasteiger partial charge in [-0.1, -0.05) is 18.5 Å². The molecule has 0 fully saturated rings. The normalized spacial score (nSPS) is 13.1. The van der Waals surface area contributed by atoms with E-state index in [-0.39, 0.29) is 28.1 Å². The van der Waals surface area contributed by atoms with Crippen molar-refractivity contribution in [2.24, 2.45) is 0 Å². The van der Waals surface area contributed by atoms with Crippen molar-refractivity contribution >= 4 is 21.6 Å². The van der Waals surface area contributed by atoms with Gasteiger partial charge in [0.15, 0.2) is 0 Å². The lowest BCUT2D eigenvalue weighted by Crippen LogP contribution is -2.40. The minimum absolute atomic E-state index is 0.0860. The van der Waals surface area contributed by atoms with Crippen molar-refractivity contribution in [3.05, 3.63) is 28.8 Å². The molecule has 0 N–H and O–H groups in total. The summed E-state index contributed by atoms with van der Waals surface area (Å²) in [6.45, 7) is 4.35. The highest BCUT2D eigenvalue weighted by atomic mass is 35.5. The second-order valence-electron chi connectivity index (χ2n) is 4.62. The van der Waals surface area contributed by atoms with Gasteiger partial charge in [-0.3, -0.25) is 0 Å². The van der Waals surface area contributed by atoms with Gasteiger partial charge in [0.1, 0.15) is 6.07 Å². The zero-order valence-electron chi connectivity index (χ0n) is 12.3. The summed E-state index contributed by atoms with van der Waals surface area (Å²) in [7, 11) is -2.14. The van der Waals surface area contributed by atoms with E-state index in [0.29, 0.717) is 13.0 Å². The summed E-state index contributed by atoms with van der Waals surface area (Å²) in [6.07, 6.45) is 0.687. The van der Waals surface area contributed by atoms with E-state index < -0.39 is 10.0 Å². The number of methoxy groups -OCH3 is 1. The van der Waals surface area contributed by atoms with Gasteiger partial charge in [0.2, 0.25) is 10.0 Å². The first-order chi connectivity index (χ1) is 9.88. The van der Waals surface area contributed by atoms with E-state index in [9.17, 15) is 8.42 Å². The Morgan fingerprint density at radius 1 is 1.48 bits per heavy atom. The Morgan fingerprint density at radius 2 is 2.14 bits per heavy atom. The van der Waals surface area contributed by atoms with Gasteiger partial charge in [-0.05, 0) is 31.5 Å². The molecule has 0 aliphatic heterocycles. The average molecular weight is 331 g/mol. The maximum Gasteiger partial charge on any atom is 0.243 e. The van der Waals surface area contributed by atoms with E-state index in [1.165, 1.54) is 29.6 Å². The van der Waals surface area contributed by atoms with Crippen LogP contribution in [0.25, 0.3) is 0 Å². The molecule has 1 atom stereocenters. The van der Waals surface area contributed by atoms with Gasteiger partial charge in [-0.15, -0.1) is 0 Å². The van der Waals surface area contributed by atoms with Crippen LogP contribution in [0.4, 0.5) is 0 Å². The van der Waals surface area contributed by atoms with Crippen molar-refractivity contribution in [2.45, 2.75) is 31.2 Å². The lowest BCUT2D eigenvalue weighted by atomic mass is 10.2. The van der Waals surface area contributed by atoms with Crippen LogP contribution in [-0.2, 0) is 14.8 Å². The number of benzene rings is 1. The van der Waals surface area contributed by atoms with Gasteiger partial charge in [0.25, 0.3) is 0 Å². The fourth-order valence-electron chi connectivity index (χ4n) is 1.84. The number of nitriles is 1. The summed E-state index contributed by atoms with van der Waals surface area (Å²) in [6, 6.07) is 5.90. The highest BCUT2D eigenvalue weighted by Crippen LogP contribution is 2.24. The van der Waals surface area contributed by atoms with Crippen LogP contribution in [0.5, 0.6) is 0 Å². The van der Waals surface area contributed by atoms with Crippen LogP contribution >= 0.6 is 11.6 Å². The predicted molar refractivity (Wildman–Crippen MR) is 81.7 cm³/mol. The zero-order valence-corrected chi connectivity index (χ0v) is 13.9. The van der Waals surface area contributed by atoms with Crippen molar-refractivity contribution in [3.8, 4) is 6.07 Å². The first-order valence-corrected chi connectivity index (χ1v) is 8.40. The molecule has 0 saturated carbocycles. The SMILES string of the molecule is CC[C@@H](C)N(CCOC)S(=O)(=O)c1ccc(C#N)c(Cl)c1. The van der Waals surface area contributed by atoms with Crippen LogP contribution in [0.15, 0.2) is 23.1 Å². The van der Waals surface area contributed by atoms with Gasteiger partial charge in [-0.25, -0.2) is 8.42 Å². The van der Waals surface area contributed by atoms with Crippen LogP contribution in [0.3, 0.4) is 0 Å². The summed E-state index contributed by atoms with van der Waals surface area (Å²) in [5, 5.41) is 8.99. The Labute approximate surface area is 131 Å². The van der Waals surface area contributed by atoms with Crippen molar-refractivity contribution in [3.63, 3.8) is 0 Å². The Hall–Kier alpha value is -1.13. The zero-order chi connectivity index (χ0) is 16.0. The standard InChI is InChI=1S/C14H19ClN2O3S/c1-4-11(2)17(7-8-20-3)21(18,19)13-6-5-12(10-16)14(15)9-13/h5-6,9,11H,4,7-8H2,1-3H3/t11-/m1/s1. The van der Waals surface area contributed by atoms with E-state index in [1.807, 2.05) is 19.9 Å². The monoisotopic (exact) mass is 330 g/mol. The predicted octanol–water partition coefficient (Wildman–Crippen LogP) is 2.65. The van der Waals surface area contributed by atoms with Gasteiger partial charge in [0.05, 0.1) is 22.1 Å². The van der Waals surface area contributed by atoms with E-state index in [2.05, 4.69) is 0 Å². The Kier molecular flexibility index (Phi) is 6.62. The second kappa shape index (κ2) is 7.76. The van der Waals surface area contributed by atoms with Gasteiger partial charge < -0.3 is 4.74 Å². The summed E-state index contributed by atoms with van der Waals surface area (Å²) in [5.41, 5.74) is 0.252. The molecule has 7 heteroatoms. The maximum atomic E-state index is 12.7. The molecule has 0 unspecified atom stereocenters. The lowest BCUT2D eigenvalue weighted by molar-refractivity contribution is 0.167. The van der Waals surface area contributed by atoms with Crippen LogP contribution in [0.1, 0.15) is 25.8 Å². The van der Waals surface area contributed by atoms with Gasteiger partial charge in [-0.2, -0.15) is 9.57 Å². The Morgan fingerprint density at radius 3 is 2.62 bits per heavy atom. The van der Waals surface area contributed by atoms with Crippen LogP contribution in [-0.4, -0.2) is 39.0 Å². The lowest BCUT2D eigenvalue weighted by Gasteiger charge is -2.27. The van der Waals surface area contributed by atoms with E-state index in [4.69, 9.17) is 21.6 Å². The number of hydrogen-bond donors (Lipinski definition) is 0. The number of nitrogens with zero attached hydrogens (tertiary/aromatic N) is 2. The molecular weight excluding hydrogens is 312 g/mol. The third-order valence-corrected chi connectivity index (χ3v) is 5.59. The van der Waals surface area contributed by atoms with E-state index in [0.717, 1.165) is 0 Å². The van der Waals surface area contributed by atoms with Crippen LogP contribution < -0.4 is 0 Å². The molecule has 1 aromatic carbocycles. The van der Waals surface area contributed by atoms with Crippen LogP contribution in [0, 0.1) is 11.3 Å². The van der Waals surface area contributed by atoms with Gasteiger partial charge in [0, 0.05) is 19.7 Å². The van der Waals surface area contributed by atoms with Crippen molar-refractivity contribution in [2.75, 3.05) is 20.3 Å². The molecule has 5 nitrogen and oxygen atoms in total. The summed E-state index contributed by atoms with van der Waals surface area (Å²) in [4.78, 5) is 0.0860. The molecular formula is C14H19ClN2O3S. The molecule has 21 heavy (non-hydrogen) atoms. The molecule has 0 heterocycles. The maximum absolute atomic E-state index is 12.7. The molecule has 0 bridgehead atoms.